The summed E-state index contributed by atoms with van der Waals surface area (Å²) in [5, 5.41) is 3.99. The SMILES string of the molecule is CS(=O)(=O)c1ccccc1C(=O)NCCCn1ccc2ccccc21. The van der Waals surface area contributed by atoms with Crippen LogP contribution in [-0.4, -0.2) is 31.7 Å². The van der Waals surface area contributed by atoms with Gasteiger partial charge in [0.15, 0.2) is 9.84 Å². The Morgan fingerprint density at radius 3 is 2.56 bits per heavy atom. The van der Waals surface area contributed by atoms with Crippen LogP contribution in [0.15, 0.2) is 65.7 Å². The van der Waals surface area contributed by atoms with Crippen molar-refractivity contribution >= 4 is 26.6 Å². The molecule has 0 bridgehead atoms. The third-order valence-electron chi connectivity index (χ3n) is 4.07. The van der Waals surface area contributed by atoms with Gasteiger partial charge in [-0.25, -0.2) is 8.42 Å². The van der Waals surface area contributed by atoms with Crippen molar-refractivity contribution in [2.75, 3.05) is 12.8 Å². The van der Waals surface area contributed by atoms with Crippen molar-refractivity contribution in [2.45, 2.75) is 17.9 Å². The monoisotopic (exact) mass is 356 g/mol. The molecule has 0 spiro atoms. The number of aryl methyl sites for hydroxylation is 1. The zero-order chi connectivity index (χ0) is 17.9. The molecule has 0 saturated heterocycles. The molecule has 1 amide bonds. The molecule has 2 aromatic carbocycles. The van der Waals surface area contributed by atoms with E-state index in [0.29, 0.717) is 6.54 Å². The van der Waals surface area contributed by atoms with Gasteiger partial charge in [0.25, 0.3) is 5.91 Å². The molecule has 130 valence electrons. The van der Waals surface area contributed by atoms with Crippen LogP contribution in [0.25, 0.3) is 10.9 Å². The number of fused-ring (bicyclic) bond motifs is 1. The summed E-state index contributed by atoms with van der Waals surface area (Å²) in [6, 6.07) is 16.5. The Labute approximate surface area is 147 Å². The van der Waals surface area contributed by atoms with Crippen LogP contribution in [0.2, 0.25) is 0 Å². The van der Waals surface area contributed by atoms with Crippen molar-refractivity contribution in [1.29, 1.82) is 0 Å². The first-order valence-electron chi connectivity index (χ1n) is 8.08. The summed E-state index contributed by atoms with van der Waals surface area (Å²) in [4.78, 5) is 12.4. The van der Waals surface area contributed by atoms with E-state index in [0.717, 1.165) is 24.7 Å². The Balaban J connectivity index is 1.61. The summed E-state index contributed by atoms with van der Waals surface area (Å²) in [6.45, 7) is 1.25. The normalized spacial score (nSPS) is 11.6. The Bertz CT molecular complexity index is 1010. The van der Waals surface area contributed by atoms with Crippen LogP contribution >= 0.6 is 0 Å². The second kappa shape index (κ2) is 7.11. The highest BCUT2D eigenvalue weighted by molar-refractivity contribution is 7.90. The highest BCUT2D eigenvalue weighted by atomic mass is 32.2. The molecule has 1 N–H and O–H groups in total. The van der Waals surface area contributed by atoms with Gasteiger partial charge < -0.3 is 9.88 Å². The second-order valence-corrected chi connectivity index (χ2v) is 7.93. The summed E-state index contributed by atoms with van der Waals surface area (Å²) < 4.78 is 25.7. The Hall–Kier alpha value is -2.60. The van der Waals surface area contributed by atoms with Crippen molar-refractivity contribution < 1.29 is 13.2 Å². The lowest BCUT2D eigenvalue weighted by atomic mass is 10.2. The fourth-order valence-corrected chi connectivity index (χ4v) is 3.75. The Kier molecular flexibility index (Phi) is 4.90. The maximum Gasteiger partial charge on any atom is 0.252 e. The molecular formula is C19H20N2O3S. The molecule has 1 heterocycles. The zero-order valence-electron chi connectivity index (χ0n) is 14.0. The fraction of sp³-hybridized carbons (Fsp3) is 0.211. The number of hydrogen-bond donors (Lipinski definition) is 1. The van der Waals surface area contributed by atoms with E-state index in [1.807, 2.05) is 18.3 Å². The average Bonchev–Trinajstić information content (AvgIpc) is 3.01. The topological polar surface area (TPSA) is 68.2 Å². The molecule has 0 aliphatic carbocycles. The lowest BCUT2D eigenvalue weighted by Gasteiger charge is -2.10. The predicted octanol–water partition coefficient (Wildman–Crippen LogP) is 2.86. The largest absolute Gasteiger partial charge is 0.352 e. The van der Waals surface area contributed by atoms with Crippen molar-refractivity contribution in [3.05, 3.63) is 66.4 Å². The van der Waals surface area contributed by atoms with E-state index < -0.39 is 9.84 Å². The zero-order valence-corrected chi connectivity index (χ0v) is 14.8. The number of sulfone groups is 1. The molecule has 0 unspecified atom stereocenters. The van der Waals surface area contributed by atoms with Crippen LogP contribution in [0, 0.1) is 0 Å². The van der Waals surface area contributed by atoms with Gasteiger partial charge in [-0.15, -0.1) is 0 Å². The van der Waals surface area contributed by atoms with E-state index in [-0.39, 0.29) is 16.4 Å². The molecule has 0 aliphatic heterocycles. The quantitative estimate of drug-likeness (QED) is 0.691. The number of nitrogens with zero attached hydrogens (tertiary/aromatic N) is 1. The minimum Gasteiger partial charge on any atom is -0.352 e. The number of amides is 1. The number of para-hydroxylation sites is 1. The summed E-state index contributed by atoms with van der Waals surface area (Å²) in [5.74, 6) is -0.363. The van der Waals surface area contributed by atoms with E-state index >= 15 is 0 Å². The average molecular weight is 356 g/mol. The molecule has 0 aliphatic rings. The maximum atomic E-state index is 12.3. The van der Waals surface area contributed by atoms with Crippen LogP contribution in [0.1, 0.15) is 16.8 Å². The van der Waals surface area contributed by atoms with Gasteiger partial charge in [0.1, 0.15) is 0 Å². The number of nitrogens with one attached hydrogen (secondary N) is 1. The number of benzene rings is 2. The highest BCUT2D eigenvalue weighted by Crippen LogP contribution is 2.16. The third kappa shape index (κ3) is 3.91. The van der Waals surface area contributed by atoms with Gasteiger partial charge >= 0.3 is 0 Å². The first-order chi connectivity index (χ1) is 12.0. The molecule has 0 radical (unpaired) electrons. The number of hydrogen-bond acceptors (Lipinski definition) is 3. The lowest BCUT2D eigenvalue weighted by molar-refractivity contribution is 0.0949. The minimum absolute atomic E-state index is 0.0592. The predicted molar refractivity (Wildman–Crippen MR) is 98.4 cm³/mol. The van der Waals surface area contributed by atoms with Gasteiger partial charge in [-0.1, -0.05) is 30.3 Å². The van der Waals surface area contributed by atoms with Crippen molar-refractivity contribution in [2.24, 2.45) is 0 Å². The first kappa shape index (κ1) is 17.2. The molecule has 3 rings (SSSR count). The summed E-state index contributed by atoms with van der Waals surface area (Å²) >= 11 is 0. The van der Waals surface area contributed by atoms with E-state index in [1.54, 1.807) is 12.1 Å². The molecule has 3 aromatic rings. The minimum atomic E-state index is -3.43. The van der Waals surface area contributed by atoms with Crippen LogP contribution in [0.5, 0.6) is 0 Å². The smallest absolute Gasteiger partial charge is 0.252 e. The van der Waals surface area contributed by atoms with E-state index in [1.165, 1.54) is 17.5 Å². The van der Waals surface area contributed by atoms with Crippen LogP contribution < -0.4 is 5.32 Å². The Morgan fingerprint density at radius 1 is 1.04 bits per heavy atom. The van der Waals surface area contributed by atoms with Crippen LogP contribution in [-0.2, 0) is 16.4 Å². The molecule has 0 atom stereocenters. The molecular weight excluding hydrogens is 336 g/mol. The first-order valence-corrected chi connectivity index (χ1v) is 9.97. The van der Waals surface area contributed by atoms with Gasteiger partial charge in [0.05, 0.1) is 10.5 Å². The second-order valence-electron chi connectivity index (χ2n) is 5.95. The van der Waals surface area contributed by atoms with Gasteiger partial charge in [0, 0.05) is 31.1 Å². The molecule has 5 nitrogen and oxygen atoms in total. The molecule has 25 heavy (non-hydrogen) atoms. The summed E-state index contributed by atoms with van der Waals surface area (Å²) in [7, 11) is -3.43. The number of rotatable bonds is 6. The standard InChI is InChI=1S/C19H20N2O3S/c1-25(23,24)18-10-5-3-8-16(18)19(22)20-12-6-13-21-14-11-15-7-2-4-9-17(15)21/h2-5,7-11,14H,6,12-13H2,1H3,(H,20,22). The molecule has 1 aromatic heterocycles. The highest BCUT2D eigenvalue weighted by Gasteiger charge is 2.17. The van der Waals surface area contributed by atoms with Gasteiger partial charge in [-0.3, -0.25) is 4.79 Å². The number of aromatic nitrogens is 1. The van der Waals surface area contributed by atoms with Gasteiger partial charge in [-0.2, -0.15) is 0 Å². The number of carbonyl (C=O) groups is 1. The van der Waals surface area contributed by atoms with E-state index in [4.69, 9.17) is 0 Å². The van der Waals surface area contributed by atoms with Crippen LogP contribution in [0.4, 0.5) is 0 Å². The van der Waals surface area contributed by atoms with Crippen molar-refractivity contribution in [1.82, 2.24) is 9.88 Å². The van der Waals surface area contributed by atoms with E-state index in [2.05, 4.69) is 28.1 Å². The van der Waals surface area contributed by atoms with Crippen molar-refractivity contribution in [3.8, 4) is 0 Å². The molecule has 6 heteroatoms. The van der Waals surface area contributed by atoms with Crippen LogP contribution in [0.3, 0.4) is 0 Å². The summed E-state index contributed by atoms with van der Waals surface area (Å²) in [5.41, 5.74) is 1.35. The molecule has 0 fully saturated rings. The van der Waals surface area contributed by atoms with Gasteiger partial charge in [-0.05, 0) is 36.1 Å². The van der Waals surface area contributed by atoms with Crippen molar-refractivity contribution in [3.63, 3.8) is 0 Å². The van der Waals surface area contributed by atoms with E-state index in [9.17, 15) is 13.2 Å². The molecule has 0 saturated carbocycles. The van der Waals surface area contributed by atoms with Gasteiger partial charge in [0.2, 0.25) is 0 Å². The Morgan fingerprint density at radius 2 is 1.76 bits per heavy atom. The third-order valence-corrected chi connectivity index (χ3v) is 5.23. The fourth-order valence-electron chi connectivity index (χ4n) is 2.86. The lowest BCUT2D eigenvalue weighted by Crippen LogP contribution is -2.26. The maximum absolute atomic E-state index is 12.3. The summed E-state index contributed by atoms with van der Waals surface area (Å²) in [6.07, 6.45) is 3.90. The number of carbonyl (C=O) groups excluding carboxylic acids is 1.